The van der Waals surface area contributed by atoms with E-state index >= 15 is 0 Å². The molecule has 6 rings (SSSR count). The van der Waals surface area contributed by atoms with Crippen molar-refractivity contribution in [3.63, 3.8) is 0 Å². The Morgan fingerprint density at radius 3 is 2.24 bits per heavy atom. The van der Waals surface area contributed by atoms with Crippen LogP contribution in [0.5, 0.6) is 0 Å². The van der Waals surface area contributed by atoms with Gasteiger partial charge in [0.1, 0.15) is 5.76 Å². The maximum absolute atomic E-state index is 13.6. The van der Waals surface area contributed by atoms with Crippen molar-refractivity contribution in [3.05, 3.63) is 91.5 Å². The molecule has 46 heavy (non-hydrogen) atoms. The minimum atomic E-state index is -1.54. The minimum absolute atomic E-state index is 0.122. The number of methoxy groups -OCH3 is 2. The van der Waals surface area contributed by atoms with E-state index in [1.54, 1.807) is 6.92 Å². The fourth-order valence-electron chi connectivity index (χ4n) is 7.42. The second-order valence-electron chi connectivity index (χ2n) is 12.6. The lowest BCUT2D eigenvalue weighted by Crippen LogP contribution is -2.35. The minimum Gasteiger partial charge on any atom is -0.510 e. The first-order valence-electron chi connectivity index (χ1n) is 15.7. The van der Waals surface area contributed by atoms with Crippen LogP contribution in [0.3, 0.4) is 0 Å². The number of aliphatic imine (C=N–C) groups is 3. The van der Waals surface area contributed by atoms with Gasteiger partial charge in [0.15, 0.2) is 5.41 Å². The van der Waals surface area contributed by atoms with Gasteiger partial charge in [-0.2, -0.15) is 0 Å². The third-order valence-corrected chi connectivity index (χ3v) is 10.3. The van der Waals surface area contributed by atoms with Gasteiger partial charge in [0.2, 0.25) is 0 Å². The van der Waals surface area contributed by atoms with Crippen LogP contribution in [-0.2, 0) is 19.1 Å². The van der Waals surface area contributed by atoms with Gasteiger partial charge >= 0.3 is 11.9 Å². The van der Waals surface area contributed by atoms with Gasteiger partial charge in [-0.05, 0) is 81.1 Å². The van der Waals surface area contributed by atoms with E-state index in [-0.39, 0.29) is 36.6 Å². The highest BCUT2D eigenvalue weighted by Gasteiger charge is 2.57. The summed E-state index contributed by atoms with van der Waals surface area (Å²) in [6.45, 7) is 11.5. The Labute approximate surface area is 268 Å². The summed E-state index contributed by atoms with van der Waals surface area (Å²) in [5, 5.41) is 25.9. The van der Waals surface area contributed by atoms with Crippen molar-refractivity contribution in [3.8, 4) is 0 Å². The number of aliphatic hydroxyl groups is 2. The molecule has 0 saturated carbocycles. The summed E-state index contributed by atoms with van der Waals surface area (Å²) in [6.07, 6.45) is 7.15. The number of rotatable bonds is 6. The number of nitrogens with zero attached hydrogens (tertiary/aromatic N) is 3. The summed E-state index contributed by atoms with van der Waals surface area (Å²) >= 11 is 0. The fourth-order valence-corrected chi connectivity index (χ4v) is 7.42. The molecule has 0 spiro atoms. The van der Waals surface area contributed by atoms with Crippen LogP contribution in [-0.4, -0.2) is 60.1 Å². The Bertz CT molecular complexity index is 1850. The molecule has 0 radical (unpaired) electrons. The van der Waals surface area contributed by atoms with Crippen molar-refractivity contribution in [1.29, 1.82) is 0 Å². The molecule has 0 aromatic carbocycles. The number of carbonyl (C=O) groups excluding carboxylic acids is 2. The second-order valence-corrected chi connectivity index (χ2v) is 12.6. The van der Waals surface area contributed by atoms with Crippen LogP contribution in [0.15, 0.2) is 106 Å². The summed E-state index contributed by atoms with van der Waals surface area (Å²) in [7, 11) is 2.67. The zero-order valence-electron chi connectivity index (χ0n) is 27.6. The summed E-state index contributed by atoms with van der Waals surface area (Å²) < 4.78 is 10.3. The zero-order chi connectivity index (χ0) is 33.2. The lowest BCUT2D eigenvalue weighted by Gasteiger charge is -2.27. The molecule has 6 aliphatic rings. The van der Waals surface area contributed by atoms with Gasteiger partial charge in [-0.3, -0.25) is 9.59 Å². The molecule has 0 aromatic rings. The molecule has 10 nitrogen and oxygen atoms in total. The highest BCUT2D eigenvalue weighted by Crippen LogP contribution is 2.54. The molecule has 8 bridgehead atoms. The first-order valence-corrected chi connectivity index (χ1v) is 15.7. The number of hydrogen-bond donors (Lipinski definition) is 3. The number of nitrogens with one attached hydrogen (secondary N) is 1. The van der Waals surface area contributed by atoms with Gasteiger partial charge in [0.25, 0.3) is 0 Å². The van der Waals surface area contributed by atoms with Crippen molar-refractivity contribution in [1.82, 2.24) is 5.32 Å². The van der Waals surface area contributed by atoms with E-state index in [0.29, 0.717) is 46.1 Å². The van der Waals surface area contributed by atoms with Crippen LogP contribution in [0.25, 0.3) is 0 Å². The maximum Gasteiger partial charge on any atom is 0.323 e. The van der Waals surface area contributed by atoms with E-state index in [1.165, 1.54) is 14.2 Å². The highest BCUT2D eigenvalue weighted by atomic mass is 16.5. The maximum atomic E-state index is 13.6. The van der Waals surface area contributed by atoms with Crippen LogP contribution in [0.4, 0.5) is 0 Å². The number of fused-ring (bicyclic) bond motifs is 5. The first-order chi connectivity index (χ1) is 21.9. The summed E-state index contributed by atoms with van der Waals surface area (Å²) in [4.78, 5) is 41.0. The topological polar surface area (TPSA) is 142 Å². The predicted octanol–water partition coefficient (Wildman–Crippen LogP) is 5.39. The van der Waals surface area contributed by atoms with Crippen LogP contribution >= 0.6 is 0 Å². The van der Waals surface area contributed by atoms with Gasteiger partial charge in [0.05, 0.1) is 55.1 Å². The second kappa shape index (κ2) is 11.3. The Kier molecular flexibility index (Phi) is 7.75. The molecule has 0 unspecified atom stereocenters. The van der Waals surface area contributed by atoms with E-state index in [1.807, 2.05) is 39.0 Å². The van der Waals surface area contributed by atoms with E-state index in [4.69, 9.17) is 24.5 Å². The van der Waals surface area contributed by atoms with E-state index in [2.05, 4.69) is 19.2 Å². The summed E-state index contributed by atoms with van der Waals surface area (Å²) in [5.74, 6) is -1.46. The molecule has 3 atom stereocenters. The van der Waals surface area contributed by atoms with Crippen LogP contribution in [0, 0.1) is 17.3 Å². The van der Waals surface area contributed by atoms with Gasteiger partial charge in [-0.15, -0.1) is 0 Å². The lowest BCUT2D eigenvalue weighted by molar-refractivity contribution is -0.148. The molecule has 3 N–H and O–H groups in total. The Morgan fingerprint density at radius 1 is 0.957 bits per heavy atom. The quantitative estimate of drug-likeness (QED) is 0.336. The van der Waals surface area contributed by atoms with Gasteiger partial charge in [-0.25, -0.2) is 15.0 Å². The SMILES string of the molecule is CCC1=C(C)C2=NC1=CC1=C(C)C3=C(O)[C@@](C)(C(=O)OC)C(=C4NC(=CC5=NC(=C2)C(CO)=C5C)[C@@H](C)[C@@H]4CCC(=O)OC)C3=N1. The third kappa shape index (κ3) is 4.45. The van der Waals surface area contributed by atoms with Gasteiger partial charge in [0, 0.05) is 46.4 Å². The van der Waals surface area contributed by atoms with E-state index in [9.17, 15) is 19.8 Å². The number of carbonyl (C=O) groups is 2. The molecule has 10 heteroatoms. The number of allylic oxidation sites excluding steroid dienone is 10. The van der Waals surface area contributed by atoms with Gasteiger partial charge in [-0.1, -0.05) is 13.8 Å². The zero-order valence-corrected chi connectivity index (χ0v) is 27.6. The molecular weight excluding hydrogens is 584 g/mol. The Balaban J connectivity index is 1.68. The normalized spacial score (nSPS) is 26.7. The molecule has 5 aliphatic heterocycles. The van der Waals surface area contributed by atoms with Crippen molar-refractivity contribution in [2.75, 3.05) is 20.8 Å². The Morgan fingerprint density at radius 2 is 1.61 bits per heavy atom. The van der Waals surface area contributed by atoms with Gasteiger partial charge < -0.3 is 25.0 Å². The largest absolute Gasteiger partial charge is 0.510 e. The number of aliphatic hydroxyl groups excluding tert-OH is 2. The number of esters is 2. The lowest BCUT2D eigenvalue weighted by atomic mass is 9.78. The highest BCUT2D eigenvalue weighted by molar-refractivity contribution is 6.25. The third-order valence-electron chi connectivity index (χ3n) is 10.3. The van der Waals surface area contributed by atoms with Crippen LogP contribution in [0.1, 0.15) is 60.8 Å². The van der Waals surface area contributed by atoms with Crippen molar-refractivity contribution in [2.24, 2.45) is 32.2 Å². The molecular formula is C36H40N4O6. The van der Waals surface area contributed by atoms with Crippen LogP contribution < -0.4 is 5.32 Å². The van der Waals surface area contributed by atoms with Crippen molar-refractivity contribution >= 4 is 29.1 Å². The van der Waals surface area contributed by atoms with E-state index < -0.39 is 11.4 Å². The summed E-state index contributed by atoms with van der Waals surface area (Å²) in [5.41, 5.74) is 9.42. The molecule has 240 valence electrons. The molecule has 0 aromatic heterocycles. The van der Waals surface area contributed by atoms with Crippen molar-refractivity contribution in [2.45, 2.75) is 60.8 Å². The van der Waals surface area contributed by atoms with Crippen molar-refractivity contribution < 1.29 is 29.3 Å². The van der Waals surface area contributed by atoms with E-state index in [0.717, 1.165) is 51.4 Å². The molecule has 1 fully saturated rings. The molecule has 1 saturated heterocycles. The first kappa shape index (κ1) is 31.4. The molecule has 1 aliphatic carbocycles. The standard InChI is InChI=1S/C36H40N4O6/c1-9-20-16(2)24-13-28-22(15-41)18(4)23(38-28)12-25-17(3)21(10-11-29(42)45-7)32(39-25)31-33-30(34(43)36(31,6)35(44)46-8)19(5)26(40-33)14-27(20)37-24/h12-14,17,21,39,41,43H,9-11,15H2,1-8H3/t17-,21-,36-/m0/s1. The average molecular weight is 625 g/mol. The summed E-state index contributed by atoms with van der Waals surface area (Å²) in [6, 6.07) is 0. The molecule has 5 heterocycles. The molecule has 0 amide bonds. The Hall–Kier alpha value is -4.57. The van der Waals surface area contributed by atoms with Crippen LogP contribution in [0.2, 0.25) is 0 Å². The number of ether oxygens (including phenoxy) is 2. The number of hydrogen-bond acceptors (Lipinski definition) is 10. The predicted molar refractivity (Wildman–Crippen MR) is 176 cm³/mol. The smallest absolute Gasteiger partial charge is 0.323 e. The fraction of sp³-hybridized carbons (Fsp3) is 0.417. The monoisotopic (exact) mass is 624 g/mol. The average Bonchev–Trinajstić information content (AvgIpc) is 3.76.